The third-order valence-electron chi connectivity index (χ3n) is 4.07. The molecule has 0 aliphatic rings. The monoisotopic (exact) mass is 406 g/mol. The number of benzene rings is 3. The minimum Gasteiger partial charge on any atom is -0.489 e. The van der Waals surface area contributed by atoms with Crippen LogP contribution in [-0.2, 0) is 16.1 Å². The van der Waals surface area contributed by atoms with Crippen LogP contribution in [0.4, 0.5) is 11.4 Å². The van der Waals surface area contributed by atoms with Gasteiger partial charge in [0.05, 0.1) is 10.5 Å². The minimum atomic E-state index is -0.652. The van der Waals surface area contributed by atoms with E-state index in [1.807, 2.05) is 30.3 Å². The second-order valence-corrected chi connectivity index (χ2v) is 6.19. The average Bonchev–Trinajstić information content (AvgIpc) is 2.77. The lowest BCUT2D eigenvalue weighted by molar-refractivity contribution is -0.384. The van der Waals surface area contributed by atoms with E-state index in [-0.39, 0.29) is 12.3 Å². The average molecular weight is 406 g/mol. The van der Waals surface area contributed by atoms with Crippen molar-refractivity contribution in [3.63, 3.8) is 0 Å². The Morgan fingerprint density at radius 1 is 0.900 bits per heavy atom. The normalized spacial score (nSPS) is 10.1. The summed E-state index contributed by atoms with van der Waals surface area (Å²) in [5.74, 6) is -0.542. The molecule has 0 aliphatic carbocycles. The maximum absolute atomic E-state index is 12.4. The number of nitro benzene ring substituents is 1. The zero-order chi connectivity index (χ0) is 21.3. The van der Waals surface area contributed by atoms with Gasteiger partial charge in [-0.25, -0.2) is 4.79 Å². The fourth-order valence-corrected chi connectivity index (χ4v) is 2.60. The Balaban J connectivity index is 1.55. The Kier molecular flexibility index (Phi) is 6.73. The van der Waals surface area contributed by atoms with Crippen molar-refractivity contribution in [2.45, 2.75) is 6.61 Å². The molecular weight excluding hydrogens is 388 g/mol. The summed E-state index contributed by atoms with van der Waals surface area (Å²) in [6.45, 7) is -0.325. The number of nitrogens with one attached hydrogen (secondary N) is 1. The molecule has 0 saturated carbocycles. The summed E-state index contributed by atoms with van der Waals surface area (Å²) in [5, 5.41) is 13.2. The molecule has 0 heterocycles. The molecule has 0 fully saturated rings. The number of non-ortho nitro benzene ring substituents is 1. The lowest BCUT2D eigenvalue weighted by Crippen LogP contribution is -2.21. The quantitative estimate of drug-likeness (QED) is 0.345. The van der Waals surface area contributed by atoms with Crippen LogP contribution in [0.3, 0.4) is 0 Å². The summed E-state index contributed by atoms with van der Waals surface area (Å²) in [6, 6.07) is 21.3. The Hall–Kier alpha value is -4.20. The number of anilines is 1. The van der Waals surface area contributed by atoms with Gasteiger partial charge in [0.15, 0.2) is 6.61 Å². The van der Waals surface area contributed by atoms with Crippen LogP contribution < -0.4 is 10.1 Å². The van der Waals surface area contributed by atoms with Gasteiger partial charge < -0.3 is 14.8 Å². The summed E-state index contributed by atoms with van der Waals surface area (Å²) < 4.78 is 10.8. The number of carbonyl (C=O) groups is 2. The van der Waals surface area contributed by atoms with Crippen molar-refractivity contribution < 1.29 is 24.0 Å². The highest BCUT2D eigenvalue weighted by Crippen LogP contribution is 2.17. The van der Waals surface area contributed by atoms with Gasteiger partial charge in [0.25, 0.3) is 11.6 Å². The number of nitro groups is 1. The van der Waals surface area contributed by atoms with Crippen molar-refractivity contribution >= 4 is 23.3 Å². The van der Waals surface area contributed by atoms with Crippen molar-refractivity contribution in [3.8, 4) is 5.75 Å². The first-order chi connectivity index (χ1) is 14.5. The molecule has 0 saturated heterocycles. The number of hydrogen-bond acceptors (Lipinski definition) is 6. The van der Waals surface area contributed by atoms with Gasteiger partial charge >= 0.3 is 5.97 Å². The number of carbonyl (C=O) groups excluding carboxylic acids is 2. The molecule has 30 heavy (non-hydrogen) atoms. The molecule has 0 unspecified atom stereocenters. The van der Waals surface area contributed by atoms with Crippen LogP contribution >= 0.6 is 0 Å². The highest BCUT2D eigenvalue weighted by atomic mass is 16.6. The second kappa shape index (κ2) is 9.83. The van der Waals surface area contributed by atoms with Gasteiger partial charge in [0.2, 0.25) is 0 Å². The summed E-state index contributed by atoms with van der Waals surface area (Å²) in [5.41, 5.74) is 1.20. The maximum Gasteiger partial charge on any atom is 0.339 e. The smallest absolute Gasteiger partial charge is 0.339 e. The molecule has 0 radical (unpaired) electrons. The molecule has 3 aromatic rings. The predicted octanol–water partition coefficient (Wildman–Crippen LogP) is 3.97. The molecule has 1 amide bonds. The first-order valence-corrected chi connectivity index (χ1v) is 9.00. The topological polar surface area (TPSA) is 108 Å². The Morgan fingerprint density at radius 3 is 2.27 bits per heavy atom. The van der Waals surface area contributed by atoms with E-state index in [0.29, 0.717) is 22.6 Å². The lowest BCUT2D eigenvalue weighted by Gasteiger charge is -2.11. The minimum absolute atomic E-state index is 0.0891. The zero-order valence-electron chi connectivity index (χ0n) is 15.8. The Bertz CT molecular complexity index is 1040. The van der Waals surface area contributed by atoms with Crippen LogP contribution in [0.2, 0.25) is 0 Å². The number of para-hydroxylation sites is 1. The number of rotatable bonds is 8. The molecule has 0 atom stereocenters. The molecule has 0 bridgehead atoms. The summed E-state index contributed by atoms with van der Waals surface area (Å²) in [7, 11) is 0. The lowest BCUT2D eigenvalue weighted by atomic mass is 10.1. The van der Waals surface area contributed by atoms with E-state index < -0.39 is 23.4 Å². The standard InChI is InChI=1S/C22H18N2O6/c25-21(23-17-10-12-18(13-11-17)24(27)28)15-30-22(26)20-9-5-4-6-16(20)14-29-19-7-2-1-3-8-19/h1-13H,14-15H2,(H,23,25). The Morgan fingerprint density at radius 2 is 1.57 bits per heavy atom. The van der Waals surface area contributed by atoms with Crippen molar-refractivity contribution in [2.24, 2.45) is 0 Å². The highest BCUT2D eigenvalue weighted by Gasteiger charge is 2.15. The van der Waals surface area contributed by atoms with Crippen molar-refractivity contribution in [1.82, 2.24) is 0 Å². The third kappa shape index (κ3) is 5.65. The van der Waals surface area contributed by atoms with E-state index in [1.54, 1.807) is 24.3 Å². The molecule has 0 aromatic heterocycles. The van der Waals surface area contributed by atoms with E-state index in [0.717, 1.165) is 0 Å². The third-order valence-corrected chi connectivity index (χ3v) is 4.07. The van der Waals surface area contributed by atoms with Crippen molar-refractivity contribution in [2.75, 3.05) is 11.9 Å². The van der Waals surface area contributed by atoms with E-state index in [4.69, 9.17) is 9.47 Å². The van der Waals surface area contributed by atoms with Crippen molar-refractivity contribution in [3.05, 3.63) is 100 Å². The fourth-order valence-electron chi connectivity index (χ4n) is 2.60. The molecular formula is C22H18N2O6. The van der Waals surface area contributed by atoms with Gasteiger partial charge in [-0.1, -0.05) is 36.4 Å². The van der Waals surface area contributed by atoms with Crippen LogP contribution in [0.25, 0.3) is 0 Å². The van der Waals surface area contributed by atoms with Crippen LogP contribution in [-0.4, -0.2) is 23.4 Å². The zero-order valence-corrected chi connectivity index (χ0v) is 15.8. The van der Waals surface area contributed by atoms with Crippen LogP contribution in [0.15, 0.2) is 78.9 Å². The molecule has 3 rings (SSSR count). The predicted molar refractivity (Wildman–Crippen MR) is 109 cm³/mol. The number of amides is 1. The molecule has 1 N–H and O–H groups in total. The van der Waals surface area contributed by atoms with E-state index in [2.05, 4.69) is 5.32 Å². The van der Waals surface area contributed by atoms with Crippen LogP contribution in [0.1, 0.15) is 15.9 Å². The van der Waals surface area contributed by atoms with E-state index in [1.165, 1.54) is 24.3 Å². The number of nitrogens with zero attached hydrogens (tertiary/aromatic N) is 1. The molecule has 0 aliphatic heterocycles. The SMILES string of the molecule is O=C(COC(=O)c1ccccc1COc1ccccc1)Nc1ccc([N+](=O)[O-])cc1. The first-order valence-electron chi connectivity index (χ1n) is 9.00. The summed E-state index contributed by atoms with van der Waals surface area (Å²) in [6.07, 6.45) is 0. The number of ether oxygens (including phenoxy) is 2. The second-order valence-electron chi connectivity index (χ2n) is 6.19. The summed E-state index contributed by atoms with van der Waals surface area (Å²) in [4.78, 5) is 34.6. The van der Waals surface area contributed by atoms with Crippen LogP contribution in [0.5, 0.6) is 5.75 Å². The van der Waals surface area contributed by atoms with Crippen molar-refractivity contribution in [1.29, 1.82) is 0 Å². The fraction of sp³-hybridized carbons (Fsp3) is 0.0909. The Labute approximate surface area is 172 Å². The van der Waals surface area contributed by atoms with E-state index in [9.17, 15) is 19.7 Å². The van der Waals surface area contributed by atoms with Gasteiger partial charge in [-0.2, -0.15) is 0 Å². The molecule has 0 spiro atoms. The van der Waals surface area contributed by atoms with E-state index >= 15 is 0 Å². The van der Waals surface area contributed by atoms with Gasteiger partial charge in [-0.3, -0.25) is 14.9 Å². The number of hydrogen-bond donors (Lipinski definition) is 1. The molecule has 8 heteroatoms. The first kappa shape index (κ1) is 20.5. The van der Waals surface area contributed by atoms with Gasteiger partial charge in [0.1, 0.15) is 12.4 Å². The molecule has 8 nitrogen and oxygen atoms in total. The van der Waals surface area contributed by atoms with Gasteiger partial charge in [0, 0.05) is 23.4 Å². The maximum atomic E-state index is 12.4. The largest absolute Gasteiger partial charge is 0.489 e. The van der Waals surface area contributed by atoms with Crippen LogP contribution in [0, 0.1) is 10.1 Å². The molecule has 3 aromatic carbocycles. The molecule has 152 valence electrons. The summed E-state index contributed by atoms with van der Waals surface area (Å²) >= 11 is 0. The van der Waals surface area contributed by atoms with Gasteiger partial charge in [-0.05, 0) is 30.3 Å². The number of esters is 1. The van der Waals surface area contributed by atoms with Gasteiger partial charge in [-0.15, -0.1) is 0 Å². The highest BCUT2D eigenvalue weighted by molar-refractivity contribution is 5.96.